The number of nitrogens with zero attached hydrogens (tertiary/aromatic N) is 1. The normalized spacial score (nSPS) is 7.89. The second-order valence-electron chi connectivity index (χ2n) is 1.57. The highest BCUT2D eigenvalue weighted by Gasteiger charge is 1.62. The van der Waals surface area contributed by atoms with Crippen molar-refractivity contribution in [1.82, 2.24) is 11.1 Å². The Morgan fingerprint density at radius 2 is 1.22 bits per heavy atom. The molecule has 9 heavy (non-hydrogen) atoms. The Balaban J connectivity index is -0.0000000720. The first-order valence-electron chi connectivity index (χ1n) is 1.87. The Morgan fingerprint density at radius 1 is 1.22 bits per heavy atom. The van der Waals surface area contributed by atoms with Crippen molar-refractivity contribution in [2.45, 2.75) is 0 Å². The smallest absolute Gasteiger partial charge is 0.299 e. The van der Waals surface area contributed by atoms with E-state index in [4.69, 9.17) is 13.3 Å². The molecule has 0 aromatic heterocycles. The molecule has 5 nitrogen and oxygen atoms in total. The molecule has 0 saturated carbocycles. The summed E-state index contributed by atoms with van der Waals surface area (Å²) in [6.07, 6.45) is 0. The Kier molecular flexibility index (Phi) is 19.3. The van der Waals surface area contributed by atoms with Crippen molar-refractivity contribution in [1.29, 1.82) is 0 Å². The van der Waals surface area contributed by atoms with Crippen LogP contribution in [0, 0.1) is 0 Å². The highest BCUT2D eigenvalue weighted by molar-refractivity contribution is 7.73. The van der Waals surface area contributed by atoms with Gasteiger partial charge >= 0.3 is 0 Å². The van der Waals surface area contributed by atoms with Gasteiger partial charge in [0.25, 0.3) is 11.4 Å². The molecule has 0 bridgehead atoms. The zero-order valence-electron chi connectivity index (χ0n) is 5.87. The van der Waals surface area contributed by atoms with Gasteiger partial charge in [0.05, 0.1) is 0 Å². The molecule has 0 saturated heterocycles. The minimum Gasteiger partial charge on any atom is -0.344 e. The lowest BCUT2D eigenvalue weighted by molar-refractivity contribution is 0.454. The van der Waals surface area contributed by atoms with E-state index in [1.54, 1.807) is 0 Å². The van der Waals surface area contributed by atoms with Crippen LogP contribution in [0.5, 0.6) is 0 Å². The summed E-state index contributed by atoms with van der Waals surface area (Å²) in [6.45, 7) is 0. The van der Waals surface area contributed by atoms with Gasteiger partial charge in [-0.2, -0.15) is 4.21 Å². The summed E-state index contributed by atoms with van der Waals surface area (Å²) in [4.78, 5) is 2.00. The Bertz CT molecular complexity index is 61.3. The highest BCUT2D eigenvalue weighted by atomic mass is 32.2. The maximum Gasteiger partial charge on any atom is 0.299 e. The molecule has 0 aromatic carbocycles. The van der Waals surface area contributed by atoms with Crippen LogP contribution in [0.15, 0.2) is 0 Å². The van der Waals surface area contributed by atoms with E-state index in [1.165, 1.54) is 0 Å². The molecule has 0 rings (SSSR count). The van der Waals surface area contributed by atoms with E-state index < -0.39 is 11.4 Å². The summed E-state index contributed by atoms with van der Waals surface area (Å²) < 4.78 is 22.8. The summed E-state index contributed by atoms with van der Waals surface area (Å²) in [5.74, 6) is 0. The van der Waals surface area contributed by atoms with Crippen molar-refractivity contribution in [3.8, 4) is 0 Å². The third-order valence-electron chi connectivity index (χ3n) is 0. The Labute approximate surface area is 57.8 Å². The van der Waals surface area contributed by atoms with E-state index in [-0.39, 0.29) is 6.15 Å². The molecule has 0 aromatic rings. The summed E-state index contributed by atoms with van der Waals surface area (Å²) >= 11 is -2.61. The third kappa shape index (κ3) is 2870000. The van der Waals surface area contributed by atoms with Crippen LogP contribution in [0.3, 0.4) is 0 Å². The molecule has 5 N–H and O–H groups in total. The molecule has 0 amide bonds. The molecule has 0 unspecified atom stereocenters. The fourth-order valence-corrected chi connectivity index (χ4v) is 0. The van der Waals surface area contributed by atoms with Gasteiger partial charge in [-0.3, -0.25) is 9.11 Å². The lowest BCUT2D eigenvalue weighted by atomic mass is 11.0. The van der Waals surface area contributed by atoms with Gasteiger partial charge in [0.1, 0.15) is 0 Å². The van der Waals surface area contributed by atoms with Crippen LogP contribution in [0.1, 0.15) is 0 Å². The van der Waals surface area contributed by atoms with Crippen LogP contribution in [0.25, 0.3) is 0 Å². The SMILES string of the molecule is CN(C)C.N.O=S(O)O. The largest absolute Gasteiger partial charge is 0.344 e. The van der Waals surface area contributed by atoms with Crippen molar-refractivity contribution < 1.29 is 13.3 Å². The fourth-order valence-electron chi connectivity index (χ4n) is 0. The van der Waals surface area contributed by atoms with E-state index >= 15 is 0 Å². The molecule has 0 aliphatic heterocycles. The molecular weight excluding hydrogens is 144 g/mol. The summed E-state index contributed by atoms with van der Waals surface area (Å²) in [7, 11) is 6.00. The van der Waals surface area contributed by atoms with Crippen LogP contribution in [-0.2, 0) is 11.4 Å². The quantitative estimate of drug-likeness (QED) is 0.432. The van der Waals surface area contributed by atoms with Gasteiger partial charge in [-0.1, -0.05) is 0 Å². The molecule has 0 aliphatic carbocycles. The molecule has 0 fully saturated rings. The monoisotopic (exact) mass is 158 g/mol. The molecule has 0 heterocycles. The van der Waals surface area contributed by atoms with Crippen LogP contribution in [0.4, 0.5) is 0 Å². The first-order valence-corrected chi connectivity index (χ1v) is 2.94. The Morgan fingerprint density at radius 3 is 1.22 bits per heavy atom. The van der Waals surface area contributed by atoms with Crippen LogP contribution >= 0.6 is 0 Å². The van der Waals surface area contributed by atoms with Gasteiger partial charge in [0.2, 0.25) is 0 Å². The van der Waals surface area contributed by atoms with Crippen LogP contribution < -0.4 is 6.15 Å². The Hall–Kier alpha value is -0.0100. The van der Waals surface area contributed by atoms with Gasteiger partial charge in [-0.05, 0) is 21.1 Å². The standard InChI is InChI=1S/C3H9N.H3N.H2O3S/c1-4(2)3;;1-4(2)3/h1-3H3;1H3;(H2,1,2,3). The van der Waals surface area contributed by atoms with E-state index in [9.17, 15) is 0 Å². The van der Waals surface area contributed by atoms with E-state index in [0.717, 1.165) is 0 Å². The van der Waals surface area contributed by atoms with Gasteiger partial charge < -0.3 is 11.1 Å². The molecule has 60 valence electrons. The number of rotatable bonds is 0. The van der Waals surface area contributed by atoms with Gasteiger partial charge in [-0.15, -0.1) is 0 Å². The molecule has 0 spiro atoms. The van der Waals surface area contributed by atoms with Crippen LogP contribution in [-0.4, -0.2) is 39.4 Å². The maximum atomic E-state index is 8.67. The number of hydrogen-bond donors (Lipinski definition) is 3. The molecule has 0 atom stereocenters. The van der Waals surface area contributed by atoms with Gasteiger partial charge in [0, 0.05) is 0 Å². The lowest BCUT2D eigenvalue weighted by Gasteiger charge is -1.90. The second-order valence-corrected chi connectivity index (χ2v) is 2.03. The minimum atomic E-state index is -2.61. The third-order valence-corrected chi connectivity index (χ3v) is 0. The first kappa shape index (κ1) is 16.0. The second kappa shape index (κ2) is 10.9. The molecule has 0 radical (unpaired) electrons. The van der Waals surface area contributed by atoms with Gasteiger partial charge in [0.15, 0.2) is 0 Å². The highest BCUT2D eigenvalue weighted by Crippen LogP contribution is 1.47. The van der Waals surface area contributed by atoms with Crippen molar-refractivity contribution in [3.63, 3.8) is 0 Å². The van der Waals surface area contributed by atoms with E-state index in [0.29, 0.717) is 0 Å². The maximum absolute atomic E-state index is 8.67. The van der Waals surface area contributed by atoms with E-state index in [2.05, 4.69) is 0 Å². The number of hydrogen-bond acceptors (Lipinski definition) is 3. The topological polar surface area (TPSA) is 95.8 Å². The van der Waals surface area contributed by atoms with Crippen molar-refractivity contribution >= 4 is 11.4 Å². The van der Waals surface area contributed by atoms with Crippen molar-refractivity contribution in [2.75, 3.05) is 21.1 Å². The molecule has 6 heteroatoms. The average Bonchev–Trinajstić information content (AvgIpc) is 1.25. The minimum absolute atomic E-state index is 0. The van der Waals surface area contributed by atoms with Crippen molar-refractivity contribution in [2.24, 2.45) is 0 Å². The average molecular weight is 158 g/mol. The zero-order chi connectivity index (χ0) is 7.15. The zero-order valence-corrected chi connectivity index (χ0v) is 6.68. The first-order chi connectivity index (χ1) is 3.46. The molecule has 0 aliphatic rings. The predicted octanol–water partition coefficient (Wildman–Crippen LogP) is 0.0209. The summed E-state index contributed by atoms with van der Waals surface area (Å²) in [5, 5.41) is 0. The lowest BCUT2D eigenvalue weighted by Crippen LogP contribution is -1.99. The van der Waals surface area contributed by atoms with Crippen molar-refractivity contribution in [3.05, 3.63) is 0 Å². The predicted molar refractivity (Wildman–Crippen MR) is 38.0 cm³/mol. The van der Waals surface area contributed by atoms with Gasteiger partial charge in [-0.25, -0.2) is 0 Å². The fraction of sp³-hybridized carbons (Fsp3) is 1.00. The van der Waals surface area contributed by atoms with Crippen LogP contribution in [0.2, 0.25) is 0 Å². The molecular formula is C3H14N2O3S. The summed E-state index contributed by atoms with van der Waals surface area (Å²) in [6, 6.07) is 0. The summed E-state index contributed by atoms with van der Waals surface area (Å²) in [5.41, 5.74) is 0. The van der Waals surface area contributed by atoms with E-state index in [1.807, 2.05) is 26.0 Å².